The monoisotopic (exact) mass is 482 g/mol. The molecule has 1 aromatic heterocycles. The first-order valence-electron chi connectivity index (χ1n) is 14.9. The molecule has 0 atom stereocenters. The van der Waals surface area contributed by atoms with Crippen molar-refractivity contribution in [2.45, 2.75) is 97.4 Å². The standard InChI is InChI=1S/C32H40N2.C2H6/c1-23(2)26-17-18-27-30(21-26)34-20-19-33(22-24-11-5-3-6-12-24)29-16-10-9-15-28(29)32(34)31(27)25-13-7-4-8-14-25;1-2/h9-10,15-18,21,24-25H,1,3-8,11-14,19-20,22H2,2H3;1-2H3. The van der Waals surface area contributed by atoms with E-state index < -0.39 is 0 Å². The van der Waals surface area contributed by atoms with Crippen molar-refractivity contribution in [2.24, 2.45) is 5.92 Å². The van der Waals surface area contributed by atoms with E-state index in [-0.39, 0.29) is 0 Å². The topological polar surface area (TPSA) is 8.17 Å². The fourth-order valence-electron chi connectivity index (χ4n) is 7.13. The van der Waals surface area contributed by atoms with Crippen LogP contribution in [-0.4, -0.2) is 17.7 Å². The molecule has 0 radical (unpaired) electrons. The van der Waals surface area contributed by atoms with Crippen molar-refractivity contribution >= 4 is 22.2 Å². The Balaban J connectivity index is 0.00000130. The van der Waals surface area contributed by atoms with Crippen molar-refractivity contribution in [3.05, 3.63) is 60.2 Å². The van der Waals surface area contributed by atoms with Gasteiger partial charge in [0.1, 0.15) is 0 Å². The minimum absolute atomic E-state index is 0.682. The van der Waals surface area contributed by atoms with Gasteiger partial charge in [-0.15, -0.1) is 0 Å². The summed E-state index contributed by atoms with van der Waals surface area (Å²) in [7, 11) is 0. The third-order valence-corrected chi connectivity index (χ3v) is 8.91. The SMILES string of the molecule is C=C(C)c1ccc2c(C3CCCCC3)c3n(c2c1)CCN(CC1CCCCC1)c1ccccc1-3.CC. The van der Waals surface area contributed by atoms with Gasteiger partial charge in [-0.25, -0.2) is 0 Å². The Labute approximate surface area is 219 Å². The second-order valence-electron chi connectivity index (χ2n) is 11.2. The Kier molecular flexibility index (Phi) is 7.89. The van der Waals surface area contributed by atoms with E-state index in [1.807, 2.05) is 13.8 Å². The van der Waals surface area contributed by atoms with E-state index in [2.05, 4.69) is 65.4 Å². The number of rotatable bonds is 4. The molecular formula is C34H46N2. The molecular weight excluding hydrogens is 436 g/mol. The predicted octanol–water partition coefficient (Wildman–Crippen LogP) is 9.82. The molecule has 0 N–H and O–H groups in total. The molecule has 2 nitrogen and oxygen atoms in total. The predicted molar refractivity (Wildman–Crippen MR) is 158 cm³/mol. The molecule has 0 bridgehead atoms. The highest BCUT2D eigenvalue weighted by molar-refractivity contribution is 5.97. The van der Waals surface area contributed by atoms with Crippen LogP contribution >= 0.6 is 0 Å². The van der Waals surface area contributed by atoms with Gasteiger partial charge >= 0.3 is 0 Å². The molecule has 0 saturated heterocycles. The lowest BCUT2D eigenvalue weighted by molar-refractivity contribution is 0.357. The van der Waals surface area contributed by atoms with E-state index in [9.17, 15) is 0 Å². The molecule has 0 amide bonds. The van der Waals surface area contributed by atoms with Gasteiger partial charge in [-0.3, -0.25) is 0 Å². The van der Waals surface area contributed by atoms with Crippen LogP contribution in [0.2, 0.25) is 0 Å². The summed E-state index contributed by atoms with van der Waals surface area (Å²) in [5.41, 5.74) is 9.93. The number of fused-ring (bicyclic) bond motifs is 5. The van der Waals surface area contributed by atoms with E-state index in [1.165, 1.54) is 104 Å². The summed E-state index contributed by atoms with van der Waals surface area (Å²) in [5, 5.41) is 1.49. The van der Waals surface area contributed by atoms with Crippen LogP contribution < -0.4 is 4.90 Å². The maximum atomic E-state index is 4.25. The molecule has 0 unspecified atom stereocenters. The Hall–Kier alpha value is -2.48. The van der Waals surface area contributed by atoms with E-state index in [0.29, 0.717) is 5.92 Å². The summed E-state index contributed by atoms with van der Waals surface area (Å²) in [4.78, 5) is 2.73. The second kappa shape index (κ2) is 11.3. The molecule has 2 saturated carbocycles. The second-order valence-corrected chi connectivity index (χ2v) is 11.2. The smallest absolute Gasteiger partial charge is 0.0548 e. The van der Waals surface area contributed by atoms with Gasteiger partial charge in [0.05, 0.1) is 5.69 Å². The Morgan fingerprint density at radius 3 is 2.28 bits per heavy atom. The maximum absolute atomic E-state index is 4.25. The fraction of sp³-hybridized carbons (Fsp3) is 0.529. The highest BCUT2D eigenvalue weighted by Gasteiger charge is 2.31. The number of nitrogens with zero attached hydrogens (tertiary/aromatic N) is 2. The molecule has 2 heteroatoms. The number of aromatic nitrogens is 1. The average molecular weight is 483 g/mol. The zero-order valence-electron chi connectivity index (χ0n) is 23.0. The van der Waals surface area contributed by atoms with Gasteiger partial charge in [0.2, 0.25) is 0 Å². The lowest BCUT2D eigenvalue weighted by Crippen LogP contribution is -2.32. The van der Waals surface area contributed by atoms with Crippen molar-refractivity contribution < 1.29 is 0 Å². The van der Waals surface area contributed by atoms with Gasteiger partial charge in [-0.05, 0) is 67.7 Å². The third kappa shape index (κ3) is 4.76. The molecule has 2 fully saturated rings. The van der Waals surface area contributed by atoms with Crippen LogP contribution in [0.1, 0.15) is 102 Å². The van der Waals surface area contributed by atoms with Crippen LogP contribution in [0.15, 0.2) is 49.0 Å². The summed E-state index contributed by atoms with van der Waals surface area (Å²) >= 11 is 0. The van der Waals surface area contributed by atoms with E-state index in [0.717, 1.165) is 24.6 Å². The number of hydrogen-bond acceptors (Lipinski definition) is 1. The summed E-state index contributed by atoms with van der Waals surface area (Å²) in [6.07, 6.45) is 13.9. The van der Waals surface area contributed by atoms with E-state index in [4.69, 9.17) is 0 Å². The molecule has 2 aliphatic carbocycles. The van der Waals surface area contributed by atoms with Crippen LogP contribution in [0.4, 0.5) is 5.69 Å². The highest BCUT2D eigenvalue weighted by atomic mass is 15.2. The van der Waals surface area contributed by atoms with E-state index >= 15 is 0 Å². The lowest BCUT2D eigenvalue weighted by Gasteiger charge is -2.31. The number of anilines is 1. The van der Waals surface area contributed by atoms with Crippen LogP contribution in [0, 0.1) is 5.92 Å². The Bertz CT molecular complexity index is 1190. The van der Waals surface area contributed by atoms with E-state index in [1.54, 1.807) is 5.56 Å². The molecule has 2 aromatic carbocycles. The third-order valence-electron chi connectivity index (χ3n) is 8.91. The van der Waals surface area contributed by atoms with Gasteiger partial charge < -0.3 is 9.47 Å². The van der Waals surface area contributed by atoms with Gasteiger partial charge in [0.25, 0.3) is 0 Å². The molecule has 2 heterocycles. The number of allylic oxidation sites excluding steroid dienone is 1. The Morgan fingerprint density at radius 1 is 0.861 bits per heavy atom. The molecule has 0 spiro atoms. The summed E-state index contributed by atoms with van der Waals surface area (Å²) in [6.45, 7) is 13.8. The minimum Gasteiger partial charge on any atom is -0.369 e. The first kappa shape index (κ1) is 25.2. The van der Waals surface area contributed by atoms with Gasteiger partial charge in [-0.2, -0.15) is 0 Å². The maximum Gasteiger partial charge on any atom is 0.0548 e. The van der Waals surface area contributed by atoms with Crippen molar-refractivity contribution in [3.8, 4) is 11.3 Å². The van der Waals surface area contributed by atoms with Crippen molar-refractivity contribution in [2.75, 3.05) is 18.0 Å². The summed E-state index contributed by atoms with van der Waals surface area (Å²) in [5.74, 6) is 1.53. The first-order chi connectivity index (χ1) is 17.7. The molecule has 3 aromatic rings. The van der Waals surface area contributed by atoms with Gasteiger partial charge in [0, 0.05) is 41.8 Å². The number of benzene rings is 2. The highest BCUT2D eigenvalue weighted by Crippen LogP contribution is 2.47. The van der Waals surface area contributed by atoms with Crippen LogP contribution in [-0.2, 0) is 6.54 Å². The van der Waals surface area contributed by atoms with Crippen LogP contribution in [0.25, 0.3) is 27.7 Å². The van der Waals surface area contributed by atoms with Crippen molar-refractivity contribution in [1.29, 1.82) is 0 Å². The van der Waals surface area contributed by atoms with Crippen molar-refractivity contribution in [3.63, 3.8) is 0 Å². The molecule has 192 valence electrons. The largest absolute Gasteiger partial charge is 0.369 e. The minimum atomic E-state index is 0.682. The zero-order valence-corrected chi connectivity index (χ0v) is 23.0. The molecule has 1 aliphatic heterocycles. The summed E-state index contributed by atoms with van der Waals surface area (Å²) in [6, 6.07) is 16.5. The normalized spacial score (nSPS) is 18.7. The van der Waals surface area contributed by atoms with Crippen LogP contribution in [0.5, 0.6) is 0 Å². The molecule has 36 heavy (non-hydrogen) atoms. The zero-order chi connectivity index (χ0) is 25.1. The average Bonchev–Trinajstić information content (AvgIpc) is 3.17. The summed E-state index contributed by atoms with van der Waals surface area (Å²) < 4.78 is 2.69. The first-order valence-corrected chi connectivity index (χ1v) is 14.9. The fourth-order valence-corrected chi connectivity index (χ4v) is 7.13. The number of hydrogen-bond donors (Lipinski definition) is 0. The quantitative estimate of drug-likeness (QED) is 0.359. The number of para-hydroxylation sites is 1. The molecule has 3 aliphatic rings. The van der Waals surface area contributed by atoms with Crippen LogP contribution in [0.3, 0.4) is 0 Å². The Morgan fingerprint density at radius 2 is 1.56 bits per heavy atom. The van der Waals surface area contributed by atoms with Gasteiger partial charge in [0.15, 0.2) is 0 Å². The lowest BCUT2D eigenvalue weighted by atomic mass is 9.81. The van der Waals surface area contributed by atoms with Crippen molar-refractivity contribution in [1.82, 2.24) is 4.57 Å². The molecule has 6 rings (SSSR count). The van der Waals surface area contributed by atoms with Gasteiger partial charge in [-0.1, -0.05) is 94.9 Å².